The monoisotopic (exact) mass is 190 g/mol. The third-order valence-electron chi connectivity index (χ3n) is 2.40. The van der Waals surface area contributed by atoms with Crippen LogP contribution in [0.1, 0.15) is 11.1 Å². The fraction of sp³-hybridized carbons (Fsp3) is 0.273. The van der Waals surface area contributed by atoms with Gasteiger partial charge >= 0.3 is 0 Å². The molecule has 0 spiro atoms. The summed E-state index contributed by atoms with van der Waals surface area (Å²) in [7, 11) is 1.63. The number of rotatable bonds is 3. The van der Waals surface area contributed by atoms with E-state index < -0.39 is 0 Å². The van der Waals surface area contributed by atoms with Gasteiger partial charge in [-0.3, -0.25) is 0 Å². The van der Waals surface area contributed by atoms with Gasteiger partial charge in [0.2, 0.25) is 0 Å². The number of aromatic nitrogens is 1. The number of benzene rings is 1. The van der Waals surface area contributed by atoms with E-state index in [2.05, 4.69) is 35.6 Å². The van der Waals surface area contributed by atoms with Crippen molar-refractivity contribution in [2.75, 3.05) is 7.11 Å². The van der Waals surface area contributed by atoms with Crippen LogP contribution < -0.4 is 5.48 Å². The van der Waals surface area contributed by atoms with Gasteiger partial charge in [0, 0.05) is 23.6 Å². The van der Waals surface area contributed by atoms with E-state index in [0.29, 0.717) is 0 Å². The summed E-state index contributed by atoms with van der Waals surface area (Å²) >= 11 is 0. The number of nitrogens with one attached hydrogen (secondary N) is 2. The summed E-state index contributed by atoms with van der Waals surface area (Å²) in [4.78, 5) is 8.08. The Balaban J connectivity index is 2.45. The molecule has 3 heteroatoms. The normalized spacial score (nSPS) is 11.0. The Kier molecular flexibility index (Phi) is 2.52. The third kappa shape index (κ3) is 1.52. The summed E-state index contributed by atoms with van der Waals surface area (Å²) < 4.78 is 0. The van der Waals surface area contributed by atoms with E-state index >= 15 is 0 Å². The molecule has 0 bridgehead atoms. The lowest BCUT2D eigenvalue weighted by atomic mass is 10.1. The first-order valence-corrected chi connectivity index (χ1v) is 4.64. The van der Waals surface area contributed by atoms with Gasteiger partial charge in [-0.2, -0.15) is 5.48 Å². The quantitative estimate of drug-likeness (QED) is 0.727. The Morgan fingerprint density at radius 3 is 3.07 bits per heavy atom. The minimum Gasteiger partial charge on any atom is -0.361 e. The lowest BCUT2D eigenvalue weighted by Gasteiger charge is -2.02. The zero-order chi connectivity index (χ0) is 9.97. The van der Waals surface area contributed by atoms with E-state index in [1.165, 1.54) is 22.0 Å². The summed E-state index contributed by atoms with van der Waals surface area (Å²) in [5.41, 5.74) is 6.55. The van der Waals surface area contributed by atoms with Gasteiger partial charge in [-0.25, -0.2) is 0 Å². The first-order chi connectivity index (χ1) is 6.83. The third-order valence-corrected chi connectivity index (χ3v) is 2.40. The van der Waals surface area contributed by atoms with Crippen LogP contribution in [0.15, 0.2) is 24.4 Å². The molecule has 74 valence electrons. The zero-order valence-corrected chi connectivity index (χ0v) is 8.42. The Hall–Kier alpha value is -1.32. The molecule has 2 N–H and O–H groups in total. The van der Waals surface area contributed by atoms with Gasteiger partial charge in [0.1, 0.15) is 0 Å². The summed E-state index contributed by atoms with van der Waals surface area (Å²) in [5, 5.41) is 1.29. The molecule has 0 amide bonds. The number of hydroxylamine groups is 1. The topological polar surface area (TPSA) is 37.0 Å². The van der Waals surface area contributed by atoms with Crippen molar-refractivity contribution in [2.24, 2.45) is 0 Å². The van der Waals surface area contributed by atoms with Crippen LogP contribution in [0.4, 0.5) is 0 Å². The average Bonchev–Trinajstić information content (AvgIpc) is 2.59. The first kappa shape index (κ1) is 9.24. The van der Waals surface area contributed by atoms with E-state index in [0.717, 1.165) is 6.54 Å². The maximum atomic E-state index is 4.84. The number of hydrogen-bond donors (Lipinski definition) is 2. The first-order valence-electron chi connectivity index (χ1n) is 4.64. The summed E-state index contributed by atoms with van der Waals surface area (Å²) in [5.74, 6) is 0. The van der Waals surface area contributed by atoms with Crippen LogP contribution in [0.3, 0.4) is 0 Å². The summed E-state index contributed by atoms with van der Waals surface area (Å²) in [6.07, 6.45) is 2.02. The molecule has 0 unspecified atom stereocenters. The zero-order valence-electron chi connectivity index (χ0n) is 8.42. The maximum Gasteiger partial charge on any atom is 0.0572 e. The van der Waals surface area contributed by atoms with Crippen molar-refractivity contribution >= 4 is 10.9 Å². The van der Waals surface area contributed by atoms with E-state index in [9.17, 15) is 0 Å². The Morgan fingerprint density at radius 1 is 1.43 bits per heavy atom. The second-order valence-corrected chi connectivity index (χ2v) is 3.34. The fourth-order valence-corrected chi connectivity index (χ4v) is 1.74. The molecule has 1 aromatic heterocycles. The highest BCUT2D eigenvalue weighted by atomic mass is 16.6. The lowest BCUT2D eigenvalue weighted by molar-refractivity contribution is 0.0870. The van der Waals surface area contributed by atoms with Gasteiger partial charge < -0.3 is 9.82 Å². The smallest absolute Gasteiger partial charge is 0.0572 e. The van der Waals surface area contributed by atoms with Crippen molar-refractivity contribution in [3.8, 4) is 0 Å². The highest BCUT2D eigenvalue weighted by Crippen LogP contribution is 2.21. The van der Waals surface area contributed by atoms with Crippen LogP contribution in [0.2, 0.25) is 0 Å². The van der Waals surface area contributed by atoms with Gasteiger partial charge in [0.05, 0.1) is 7.11 Å². The van der Waals surface area contributed by atoms with Crippen molar-refractivity contribution < 1.29 is 4.84 Å². The highest BCUT2D eigenvalue weighted by molar-refractivity contribution is 5.86. The fourth-order valence-electron chi connectivity index (χ4n) is 1.74. The molecule has 14 heavy (non-hydrogen) atoms. The van der Waals surface area contributed by atoms with Crippen LogP contribution in [0.25, 0.3) is 10.9 Å². The van der Waals surface area contributed by atoms with Crippen molar-refractivity contribution in [1.82, 2.24) is 10.5 Å². The molecule has 0 atom stereocenters. The molecule has 0 aliphatic heterocycles. The van der Waals surface area contributed by atoms with Crippen LogP contribution in [-0.2, 0) is 11.4 Å². The highest BCUT2D eigenvalue weighted by Gasteiger charge is 2.04. The number of aryl methyl sites for hydroxylation is 1. The van der Waals surface area contributed by atoms with Crippen molar-refractivity contribution in [2.45, 2.75) is 13.5 Å². The molecule has 3 nitrogen and oxygen atoms in total. The number of fused-ring (bicyclic) bond motifs is 1. The minimum atomic E-state index is 0.724. The average molecular weight is 190 g/mol. The molecular formula is C11H14N2O. The van der Waals surface area contributed by atoms with Crippen LogP contribution in [-0.4, -0.2) is 12.1 Å². The van der Waals surface area contributed by atoms with Crippen LogP contribution in [0, 0.1) is 6.92 Å². The van der Waals surface area contributed by atoms with E-state index in [-0.39, 0.29) is 0 Å². The van der Waals surface area contributed by atoms with Gasteiger partial charge in [0.25, 0.3) is 0 Å². The van der Waals surface area contributed by atoms with Gasteiger partial charge in [-0.05, 0) is 24.1 Å². The molecule has 0 saturated carbocycles. The molecule has 1 heterocycles. The van der Waals surface area contributed by atoms with E-state index in [1.807, 2.05) is 6.20 Å². The van der Waals surface area contributed by atoms with Crippen LogP contribution >= 0.6 is 0 Å². The molecule has 0 radical (unpaired) electrons. The predicted molar refractivity (Wildman–Crippen MR) is 56.9 cm³/mol. The minimum absolute atomic E-state index is 0.724. The lowest BCUT2D eigenvalue weighted by Crippen LogP contribution is -2.10. The summed E-state index contributed by atoms with van der Waals surface area (Å²) in [6.45, 7) is 2.84. The second-order valence-electron chi connectivity index (χ2n) is 3.34. The largest absolute Gasteiger partial charge is 0.361 e. The van der Waals surface area contributed by atoms with E-state index in [4.69, 9.17) is 4.84 Å². The second kappa shape index (κ2) is 3.82. The number of aromatic amines is 1. The molecule has 0 saturated heterocycles. The van der Waals surface area contributed by atoms with Crippen LogP contribution in [0.5, 0.6) is 0 Å². The van der Waals surface area contributed by atoms with Gasteiger partial charge in [-0.15, -0.1) is 0 Å². The SMILES string of the molecule is CONCc1c[nH]c2cccc(C)c12. The molecular weight excluding hydrogens is 176 g/mol. The number of H-pyrrole nitrogens is 1. The number of hydrogen-bond acceptors (Lipinski definition) is 2. The molecule has 0 fully saturated rings. The van der Waals surface area contributed by atoms with Gasteiger partial charge in [-0.1, -0.05) is 12.1 Å². The van der Waals surface area contributed by atoms with Gasteiger partial charge in [0.15, 0.2) is 0 Å². The molecule has 0 aliphatic rings. The Morgan fingerprint density at radius 2 is 2.29 bits per heavy atom. The van der Waals surface area contributed by atoms with E-state index in [1.54, 1.807) is 7.11 Å². The molecule has 0 aliphatic carbocycles. The van der Waals surface area contributed by atoms with Crippen molar-refractivity contribution in [3.05, 3.63) is 35.5 Å². The predicted octanol–water partition coefficient (Wildman–Crippen LogP) is 2.13. The standard InChI is InChI=1S/C11H14N2O/c1-8-4-3-5-10-11(8)9(6-12-10)7-13-14-2/h3-6,12-13H,7H2,1-2H3. The Bertz CT molecular complexity index is 434. The van der Waals surface area contributed by atoms with Crippen molar-refractivity contribution in [1.29, 1.82) is 0 Å². The molecule has 2 rings (SSSR count). The summed E-state index contributed by atoms with van der Waals surface area (Å²) in [6, 6.07) is 6.26. The molecule has 1 aromatic carbocycles. The van der Waals surface area contributed by atoms with Crippen molar-refractivity contribution in [3.63, 3.8) is 0 Å². The molecule has 2 aromatic rings. The maximum absolute atomic E-state index is 4.84. The Labute approximate surface area is 83.0 Å².